The summed E-state index contributed by atoms with van der Waals surface area (Å²) in [5.41, 5.74) is 3.67. The van der Waals surface area contributed by atoms with Gasteiger partial charge < -0.3 is 14.8 Å². The van der Waals surface area contributed by atoms with Crippen molar-refractivity contribution in [3.05, 3.63) is 52.4 Å². The Bertz CT molecular complexity index is 846. The van der Waals surface area contributed by atoms with Crippen LogP contribution in [-0.2, 0) is 14.3 Å². The van der Waals surface area contributed by atoms with Gasteiger partial charge in [0.15, 0.2) is 5.78 Å². The molecule has 0 bridgehead atoms. The van der Waals surface area contributed by atoms with Gasteiger partial charge in [0.1, 0.15) is 5.75 Å². The number of nitrogens with one attached hydrogen (secondary N) is 1. The standard InChI is InChI=1S/C23H29NO4/c1-6-27-16-10-8-15(9-11-16)20-19(22(26)28-7-2)14(3)24-17-12-23(4,5)13-18(25)21(17)20/h8-11,20,24H,6-7,12-13H2,1-5H3/t20-/m0/s1. The summed E-state index contributed by atoms with van der Waals surface area (Å²) < 4.78 is 10.9. The van der Waals surface area contributed by atoms with Crippen LogP contribution < -0.4 is 10.1 Å². The average molecular weight is 383 g/mol. The molecule has 1 aromatic rings. The molecule has 0 fully saturated rings. The lowest BCUT2D eigenvalue weighted by atomic mass is 9.68. The van der Waals surface area contributed by atoms with E-state index in [1.165, 1.54) is 0 Å². The molecule has 1 heterocycles. The van der Waals surface area contributed by atoms with Crippen LogP contribution in [0.25, 0.3) is 0 Å². The lowest BCUT2D eigenvalue weighted by Gasteiger charge is -2.39. The Balaban J connectivity index is 2.12. The molecule has 0 spiro atoms. The van der Waals surface area contributed by atoms with Crippen molar-refractivity contribution in [1.29, 1.82) is 0 Å². The highest BCUT2D eigenvalue weighted by atomic mass is 16.5. The van der Waals surface area contributed by atoms with Crippen molar-refractivity contribution in [2.24, 2.45) is 5.41 Å². The SMILES string of the molecule is CCOC(=O)C1=C(C)NC2=C(C(=O)CC(C)(C)C2)[C@H]1c1ccc(OCC)cc1. The minimum Gasteiger partial charge on any atom is -0.494 e. The van der Waals surface area contributed by atoms with E-state index in [4.69, 9.17) is 9.47 Å². The molecule has 5 heteroatoms. The zero-order valence-corrected chi connectivity index (χ0v) is 17.3. The number of carbonyl (C=O) groups excluding carboxylic acids is 2. The molecule has 0 aromatic heterocycles. The molecular weight excluding hydrogens is 354 g/mol. The van der Waals surface area contributed by atoms with Gasteiger partial charge in [0.05, 0.1) is 18.8 Å². The Morgan fingerprint density at radius 3 is 2.43 bits per heavy atom. The van der Waals surface area contributed by atoms with E-state index in [-0.39, 0.29) is 17.2 Å². The van der Waals surface area contributed by atoms with Gasteiger partial charge >= 0.3 is 5.97 Å². The van der Waals surface area contributed by atoms with E-state index in [1.807, 2.05) is 38.1 Å². The maximum atomic E-state index is 13.1. The fourth-order valence-electron chi connectivity index (χ4n) is 4.17. The van der Waals surface area contributed by atoms with E-state index in [0.717, 1.165) is 29.1 Å². The van der Waals surface area contributed by atoms with Crippen molar-refractivity contribution in [2.45, 2.75) is 53.4 Å². The van der Waals surface area contributed by atoms with Crippen LogP contribution in [0.5, 0.6) is 5.75 Å². The van der Waals surface area contributed by atoms with Crippen molar-refractivity contribution in [1.82, 2.24) is 5.32 Å². The van der Waals surface area contributed by atoms with Crippen molar-refractivity contribution >= 4 is 11.8 Å². The molecule has 1 aliphatic carbocycles. The predicted octanol–water partition coefficient (Wildman–Crippen LogP) is 4.25. The van der Waals surface area contributed by atoms with Gasteiger partial charge in [-0.1, -0.05) is 26.0 Å². The Morgan fingerprint density at radius 2 is 1.82 bits per heavy atom. The maximum absolute atomic E-state index is 13.1. The Hall–Kier alpha value is -2.56. The van der Waals surface area contributed by atoms with Crippen molar-refractivity contribution in [3.8, 4) is 5.75 Å². The maximum Gasteiger partial charge on any atom is 0.336 e. The minimum absolute atomic E-state index is 0.0898. The normalized spacial score (nSPS) is 21.2. The third-order valence-corrected chi connectivity index (χ3v) is 5.26. The van der Waals surface area contributed by atoms with E-state index in [9.17, 15) is 9.59 Å². The number of Topliss-reactive ketones (excluding diaryl/α,β-unsaturated/α-hetero) is 1. The number of carbonyl (C=O) groups is 2. The first kappa shape index (κ1) is 20.2. The van der Waals surface area contributed by atoms with Crippen LogP contribution in [0.4, 0.5) is 0 Å². The van der Waals surface area contributed by atoms with E-state index < -0.39 is 5.92 Å². The summed E-state index contributed by atoms with van der Waals surface area (Å²) in [5, 5.41) is 3.34. The second-order valence-corrected chi connectivity index (χ2v) is 8.15. The zero-order chi connectivity index (χ0) is 20.5. The monoisotopic (exact) mass is 383 g/mol. The summed E-state index contributed by atoms with van der Waals surface area (Å²) in [6, 6.07) is 7.64. The Kier molecular flexibility index (Phi) is 5.64. The number of ketones is 1. The van der Waals surface area contributed by atoms with Crippen LogP contribution in [0.3, 0.4) is 0 Å². The number of benzene rings is 1. The average Bonchev–Trinajstić information content (AvgIpc) is 2.60. The van der Waals surface area contributed by atoms with Gasteiger partial charge in [-0.05, 0) is 50.3 Å². The fourth-order valence-corrected chi connectivity index (χ4v) is 4.17. The molecule has 2 aliphatic rings. The molecule has 0 radical (unpaired) electrons. The van der Waals surface area contributed by atoms with Gasteiger partial charge in [0.25, 0.3) is 0 Å². The van der Waals surface area contributed by atoms with E-state index >= 15 is 0 Å². The van der Waals surface area contributed by atoms with Crippen LogP contribution in [-0.4, -0.2) is 25.0 Å². The molecule has 1 N–H and O–H groups in total. The molecule has 0 saturated heterocycles. The topological polar surface area (TPSA) is 64.6 Å². The molecule has 0 amide bonds. The molecule has 0 unspecified atom stereocenters. The number of hydrogen-bond acceptors (Lipinski definition) is 5. The molecule has 5 nitrogen and oxygen atoms in total. The van der Waals surface area contributed by atoms with E-state index in [2.05, 4.69) is 19.2 Å². The van der Waals surface area contributed by atoms with Gasteiger partial charge in [-0.15, -0.1) is 0 Å². The second kappa shape index (κ2) is 7.82. The Morgan fingerprint density at radius 1 is 1.14 bits per heavy atom. The number of rotatable bonds is 5. The highest BCUT2D eigenvalue weighted by Crippen LogP contribution is 2.46. The summed E-state index contributed by atoms with van der Waals surface area (Å²) in [6.07, 6.45) is 1.24. The van der Waals surface area contributed by atoms with E-state index in [0.29, 0.717) is 30.8 Å². The second-order valence-electron chi connectivity index (χ2n) is 8.15. The summed E-state index contributed by atoms with van der Waals surface area (Å²) in [4.78, 5) is 25.9. The molecule has 1 aliphatic heterocycles. The summed E-state index contributed by atoms with van der Waals surface area (Å²) in [5.74, 6) is 0.0564. The smallest absolute Gasteiger partial charge is 0.336 e. The largest absolute Gasteiger partial charge is 0.494 e. The minimum atomic E-state index is -0.422. The number of hydrogen-bond donors (Lipinski definition) is 1. The van der Waals surface area contributed by atoms with Crippen LogP contribution in [0.1, 0.15) is 58.9 Å². The summed E-state index contributed by atoms with van der Waals surface area (Å²) in [7, 11) is 0. The fraction of sp³-hybridized carbons (Fsp3) is 0.478. The van der Waals surface area contributed by atoms with Crippen LogP contribution in [0, 0.1) is 5.41 Å². The molecule has 1 atom stereocenters. The first-order chi connectivity index (χ1) is 13.3. The van der Waals surface area contributed by atoms with Crippen molar-refractivity contribution < 1.29 is 19.1 Å². The molecule has 150 valence electrons. The molecular formula is C23H29NO4. The van der Waals surface area contributed by atoms with Crippen LogP contribution >= 0.6 is 0 Å². The number of ether oxygens (including phenoxy) is 2. The lowest BCUT2D eigenvalue weighted by molar-refractivity contribution is -0.138. The zero-order valence-electron chi connectivity index (χ0n) is 17.3. The first-order valence-electron chi connectivity index (χ1n) is 9.91. The predicted molar refractivity (Wildman–Crippen MR) is 108 cm³/mol. The van der Waals surface area contributed by atoms with Crippen molar-refractivity contribution in [2.75, 3.05) is 13.2 Å². The highest BCUT2D eigenvalue weighted by molar-refractivity contribution is 6.04. The molecule has 1 aromatic carbocycles. The van der Waals surface area contributed by atoms with Crippen molar-refractivity contribution in [3.63, 3.8) is 0 Å². The summed E-state index contributed by atoms with van der Waals surface area (Å²) in [6.45, 7) is 10.7. The molecule has 3 rings (SSSR count). The van der Waals surface area contributed by atoms with Crippen LogP contribution in [0.15, 0.2) is 46.8 Å². The van der Waals surface area contributed by atoms with Gasteiger partial charge in [0, 0.05) is 29.3 Å². The third kappa shape index (κ3) is 3.84. The van der Waals surface area contributed by atoms with Crippen LogP contribution in [0.2, 0.25) is 0 Å². The van der Waals surface area contributed by atoms with Gasteiger partial charge in [-0.25, -0.2) is 4.79 Å². The number of allylic oxidation sites excluding steroid dienone is 3. The quantitative estimate of drug-likeness (QED) is 0.770. The lowest BCUT2D eigenvalue weighted by Crippen LogP contribution is -2.38. The molecule has 0 saturated carbocycles. The number of esters is 1. The van der Waals surface area contributed by atoms with E-state index in [1.54, 1.807) is 6.92 Å². The molecule has 28 heavy (non-hydrogen) atoms. The first-order valence-corrected chi connectivity index (χ1v) is 9.91. The summed E-state index contributed by atoms with van der Waals surface area (Å²) >= 11 is 0. The third-order valence-electron chi connectivity index (χ3n) is 5.26. The van der Waals surface area contributed by atoms with Gasteiger partial charge in [-0.3, -0.25) is 4.79 Å². The number of dihydropyridines is 1. The van der Waals surface area contributed by atoms with Gasteiger partial charge in [-0.2, -0.15) is 0 Å². The Labute approximate surface area is 166 Å². The highest BCUT2D eigenvalue weighted by Gasteiger charge is 2.43. The van der Waals surface area contributed by atoms with Gasteiger partial charge in [0.2, 0.25) is 0 Å².